The van der Waals surface area contributed by atoms with Crippen LogP contribution in [0.4, 0.5) is 11.4 Å². The Bertz CT molecular complexity index is 846. The van der Waals surface area contributed by atoms with Gasteiger partial charge in [-0.05, 0) is 37.3 Å². The van der Waals surface area contributed by atoms with E-state index in [0.29, 0.717) is 16.9 Å². The molecule has 4 N–H and O–H groups in total. The fourth-order valence-corrected chi connectivity index (χ4v) is 1.75. The number of azo groups is 1. The van der Waals surface area contributed by atoms with Crippen molar-refractivity contribution in [2.75, 3.05) is 11.2 Å². The molecule has 0 fully saturated rings. The van der Waals surface area contributed by atoms with Crippen molar-refractivity contribution in [3.05, 3.63) is 65.8 Å². The summed E-state index contributed by atoms with van der Waals surface area (Å²) in [5.74, 6) is 4.66. The van der Waals surface area contributed by atoms with E-state index in [9.17, 15) is 9.90 Å². The second-order valence-electron chi connectivity index (χ2n) is 4.79. The maximum absolute atomic E-state index is 12.2. The Hall–Kier alpha value is -3.73. The molecule has 0 atom stereocenters. The van der Waals surface area contributed by atoms with Gasteiger partial charge >= 0.3 is 0 Å². The number of rotatable bonds is 4. The number of aromatic nitrogens is 1. The first-order chi connectivity index (χ1) is 11.5. The monoisotopic (exact) mass is 323 g/mol. The molecular formula is C16H15N6O2+. The topological polar surface area (TPSA) is 128 Å². The Labute approximate surface area is 138 Å². The third kappa shape index (κ3) is 4.38. The van der Waals surface area contributed by atoms with E-state index in [2.05, 4.69) is 15.5 Å². The number of nitrogens with two attached hydrogens (primary N) is 1. The summed E-state index contributed by atoms with van der Waals surface area (Å²) in [7, 11) is 0. The third-order valence-corrected chi connectivity index (χ3v) is 2.90. The maximum atomic E-state index is 12.2. The van der Waals surface area contributed by atoms with E-state index in [1.807, 2.05) is 6.07 Å². The molecule has 0 unspecified atom stereocenters. The molecule has 1 aromatic heterocycles. The highest BCUT2D eigenvalue weighted by Crippen LogP contribution is 2.16. The van der Waals surface area contributed by atoms with Crippen LogP contribution in [0.5, 0.6) is 0 Å². The molecule has 0 aliphatic carbocycles. The quantitative estimate of drug-likeness (QED) is 0.261. The molecule has 0 saturated carbocycles. The second-order valence-corrected chi connectivity index (χ2v) is 4.79. The summed E-state index contributed by atoms with van der Waals surface area (Å²) in [6, 6.07) is 11.6. The van der Waals surface area contributed by atoms with Crippen LogP contribution in [0.25, 0.3) is 0 Å². The summed E-state index contributed by atoms with van der Waals surface area (Å²) < 4.78 is 1.28. The number of aliphatic hydroxyl groups excluding tert-OH is 1. The van der Waals surface area contributed by atoms with Gasteiger partial charge in [0, 0.05) is 6.07 Å². The molecule has 2 rings (SSSR count). The van der Waals surface area contributed by atoms with Crippen LogP contribution < -0.4 is 15.8 Å². The average Bonchev–Trinajstić information content (AvgIpc) is 2.55. The highest BCUT2D eigenvalue weighted by atomic mass is 16.3. The SMILES string of the molecule is CC(O)=C(N=Nc1ccc(C#N)cc1)C(=O)Nc1ccc[n+](N)c1. The number of hydrogen-bond acceptors (Lipinski definition) is 6. The van der Waals surface area contributed by atoms with Gasteiger partial charge in [-0.3, -0.25) is 4.79 Å². The number of nitrogens with one attached hydrogen (secondary N) is 1. The number of benzene rings is 1. The zero-order valence-electron chi connectivity index (χ0n) is 12.8. The van der Waals surface area contributed by atoms with Crippen LogP contribution in [-0.4, -0.2) is 11.0 Å². The number of carbonyl (C=O) groups is 1. The highest BCUT2D eigenvalue weighted by Gasteiger charge is 2.14. The first kappa shape index (κ1) is 16.6. The normalized spacial score (nSPS) is 11.7. The lowest BCUT2D eigenvalue weighted by molar-refractivity contribution is -0.638. The number of hydrogen-bond donors (Lipinski definition) is 3. The molecule has 0 bridgehead atoms. The summed E-state index contributed by atoms with van der Waals surface area (Å²) in [5, 5.41) is 28.7. The van der Waals surface area contributed by atoms with E-state index in [4.69, 9.17) is 11.1 Å². The van der Waals surface area contributed by atoms with Gasteiger partial charge in [-0.1, -0.05) is 4.68 Å². The van der Waals surface area contributed by atoms with E-state index in [1.165, 1.54) is 17.8 Å². The van der Waals surface area contributed by atoms with Gasteiger partial charge in [-0.15, -0.1) is 5.11 Å². The Morgan fingerprint density at radius 2 is 2.04 bits per heavy atom. The molecule has 2 aromatic rings. The van der Waals surface area contributed by atoms with Crippen LogP contribution in [-0.2, 0) is 4.79 Å². The van der Waals surface area contributed by atoms with Crippen LogP contribution in [0.3, 0.4) is 0 Å². The Morgan fingerprint density at radius 1 is 1.33 bits per heavy atom. The van der Waals surface area contributed by atoms with Crippen molar-refractivity contribution in [2.45, 2.75) is 6.92 Å². The van der Waals surface area contributed by atoms with E-state index in [1.54, 1.807) is 42.6 Å². The molecule has 0 aliphatic heterocycles. The molecule has 8 nitrogen and oxygen atoms in total. The van der Waals surface area contributed by atoms with Gasteiger partial charge in [0.05, 0.1) is 17.3 Å². The van der Waals surface area contributed by atoms with Gasteiger partial charge in [0.2, 0.25) is 6.20 Å². The number of anilines is 1. The number of nitriles is 1. The van der Waals surface area contributed by atoms with Crippen molar-refractivity contribution in [3.8, 4) is 6.07 Å². The Balaban J connectivity index is 2.17. The molecule has 120 valence electrons. The van der Waals surface area contributed by atoms with Gasteiger partial charge in [-0.25, -0.2) is 5.84 Å². The minimum absolute atomic E-state index is 0.230. The number of amides is 1. The lowest BCUT2D eigenvalue weighted by Crippen LogP contribution is -2.43. The molecule has 0 aliphatic rings. The lowest BCUT2D eigenvalue weighted by Gasteiger charge is -2.04. The van der Waals surface area contributed by atoms with Gasteiger partial charge in [0.1, 0.15) is 11.4 Å². The van der Waals surface area contributed by atoms with E-state index in [-0.39, 0.29) is 11.5 Å². The smallest absolute Gasteiger partial charge is 0.279 e. The molecule has 1 aromatic carbocycles. The van der Waals surface area contributed by atoms with Crippen molar-refractivity contribution in [3.63, 3.8) is 0 Å². The lowest BCUT2D eigenvalue weighted by atomic mass is 10.2. The number of allylic oxidation sites excluding steroid dienone is 1. The standard InChI is InChI=1S/C16H14N6O2/c1-11(23)15(16(24)19-14-3-2-8-22(18)10-14)21-20-13-6-4-12(9-17)5-7-13/h2-8,10H,18H2,1H3,(H-,19,20,23,24)/p+1. The van der Waals surface area contributed by atoms with Gasteiger partial charge < -0.3 is 10.4 Å². The number of aliphatic hydroxyl groups is 1. The minimum atomic E-state index is -0.626. The van der Waals surface area contributed by atoms with Crippen LogP contribution >= 0.6 is 0 Å². The zero-order valence-corrected chi connectivity index (χ0v) is 12.8. The summed E-state index contributed by atoms with van der Waals surface area (Å²) in [6.07, 6.45) is 3.11. The fraction of sp³-hybridized carbons (Fsp3) is 0.0625. The summed E-state index contributed by atoms with van der Waals surface area (Å²) in [6.45, 7) is 1.33. The molecule has 24 heavy (non-hydrogen) atoms. The molecule has 0 radical (unpaired) electrons. The molecule has 8 heteroatoms. The summed E-state index contributed by atoms with van der Waals surface area (Å²) >= 11 is 0. The van der Waals surface area contributed by atoms with Crippen molar-refractivity contribution in [1.29, 1.82) is 5.26 Å². The Morgan fingerprint density at radius 3 is 2.62 bits per heavy atom. The fourth-order valence-electron chi connectivity index (χ4n) is 1.75. The van der Waals surface area contributed by atoms with Gasteiger partial charge in [-0.2, -0.15) is 10.4 Å². The van der Waals surface area contributed by atoms with Crippen LogP contribution in [0, 0.1) is 11.3 Å². The van der Waals surface area contributed by atoms with E-state index in [0.717, 1.165) is 0 Å². The van der Waals surface area contributed by atoms with Crippen molar-refractivity contribution >= 4 is 17.3 Å². The van der Waals surface area contributed by atoms with Crippen molar-refractivity contribution in [2.24, 2.45) is 10.2 Å². The average molecular weight is 323 g/mol. The second kappa shape index (κ2) is 7.51. The predicted octanol–water partition coefficient (Wildman–Crippen LogP) is 2.07. The number of carbonyl (C=O) groups excluding carboxylic acids is 1. The molecule has 0 spiro atoms. The van der Waals surface area contributed by atoms with Crippen molar-refractivity contribution < 1.29 is 14.6 Å². The largest absolute Gasteiger partial charge is 0.510 e. The first-order valence-electron chi connectivity index (χ1n) is 6.89. The van der Waals surface area contributed by atoms with Gasteiger partial charge in [0.15, 0.2) is 11.9 Å². The van der Waals surface area contributed by atoms with E-state index >= 15 is 0 Å². The highest BCUT2D eigenvalue weighted by molar-refractivity contribution is 6.03. The van der Waals surface area contributed by atoms with Crippen LogP contribution in [0.1, 0.15) is 12.5 Å². The van der Waals surface area contributed by atoms with Gasteiger partial charge in [0.25, 0.3) is 5.91 Å². The summed E-state index contributed by atoms with van der Waals surface area (Å²) in [5.41, 5.74) is 1.14. The Kier molecular flexibility index (Phi) is 5.20. The summed E-state index contributed by atoms with van der Waals surface area (Å²) in [4.78, 5) is 12.2. The third-order valence-electron chi connectivity index (χ3n) is 2.90. The molecule has 1 heterocycles. The van der Waals surface area contributed by atoms with Crippen LogP contribution in [0.15, 0.2) is 70.5 Å². The van der Waals surface area contributed by atoms with E-state index < -0.39 is 5.91 Å². The first-order valence-corrected chi connectivity index (χ1v) is 6.89. The molecule has 1 amide bonds. The number of nitrogens with zero attached hydrogens (tertiary/aromatic N) is 4. The molecular weight excluding hydrogens is 308 g/mol. The predicted molar refractivity (Wildman–Crippen MR) is 86.4 cm³/mol. The maximum Gasteiger partial charge on any atom is 0.279 e. The zero-order chi connectivity index (χ0) is 17.5. The number of nitrogen functional groups attached to an aromatic ring is 1. The molecule has 0 saturated heterocycles. The van der Waals surface area contributed by atoms with Crippen LogP contribution in [0.2, 0.25) is 0 Å². The minimum Gasteiger partial charge on any atom is -0.510 e. The number of pyridine rings is 1. The van der Waals surface area contributed by atoms with Crippen molar-refractivity contribution in [1.82, 2.24) is 0 Å².